The predicted octanol–water partition coefficient (Wildman–Crippen LogP) is 0.733. The molecule has 4 N–H and O–H groups in total. The molecule has 2 heterocycles. The van der Waals surface area contributed by atoms with Gasteiger partial charge in [-0.25, -0.2) is 0 Å². The maximum absolute atomic E-state index is 5.55. The molecule has 1 aliphatic heterocycles. The highest BCUT2D eigenvalue weighted by Gasteiger charge is 2.16. The number of morpholine rings is 1. The van der Waals surface area contributed by atoms with Crippen molar-refractivity contribution in [1.82, 2.24) is 15.0 Å². The summed E-state index contributed by atoms with van der Waals surface area (Å²) in [5.41, 5.74) is 6.45. The number of methoxy groups -OCH3 is 1. The van der Waals surface area contributed by atoms with E-state index in [4.69, 9.17) is 24.7 Å². The van der Waals surface area contributed by atoms with E-state index in [0.717, 1.165) is 24.4 Å². The lowest BCUT2D eigenvalue weighted by atomic mass is 10.2. The van der Waals surface area contributed by atoms with Crippen molar-refractivity contribution >= 4 is 17.8 Å². The van der Waals surface area contributed by atoms with Gasteiger partial charge in [0.1, 0.15) is 5.75 Å². The molecule has 11 nitrogen and oxygen atoms in total. The van der Waals surface area contributed by atoms with Crippen LogP contribution in [0.2, 0.25) is 0 Å². The molecule has 0 atom stereocenters. The number of nitrogens with zero attached hydrogens (tertiary/aromatic N) is 4. The third-order valence-corrected chi connectivity index (χ3v) is 4.67. The van der Waals surface area contributed by atoms with Gasteiger partial charge in [0.15, 0.2) is 0 Å². The van der Waals surface area contributed by atoms with E-state index in [1.54, 1.807) is 7.11 Å². The molecule has 1 aromatic carbocycles. The molecular formula is C21H33N7O4. The fourth-order valence-corrected chi connectivity index (χ4v) is 3.03. The third kappa shape index (κ3) is 8.08. The largest absolute Gasteiger partial charge is 0.497 e. The average molecular weight is 448 g/mol. The van der Waals surface area contributed by atoms with E-state index in [-0.39, 0.29) is 0 Å². The SMILES string of the molecule is COc1cccc(CNc2nc(NCCOCCOCCN)nc(N3CCOCC3)n2)c1. The number of aromatic nitrogens is 3. The van der Waals surface area contributed by atoms with Crippen LogP contribution in [-0.4, -0.2) is 87.9 Å². The normalized spacial score (nSPS) is 13.8. The lowest BCUT2D eigenvalue weighted by Gasteiger charge is -2.27. The van der Waals surface area contributed by atoms with E-state index in [1.165, 1.54) is 0 Å². The average Bonchev–Trinajstić information content (AvgIpc) is 2.85. The van der Waals surface area contributed by atoms with Gasteiger partial charge in [-0.2, -0.15) is 15.0 Å². The molecule has 0 spiro atoms. The Hall–Kier alpha value is -2.73. The molecule has 0 aliphatic carbocycles. The van der Waals surface area contributed by atoms with Crippen LogP contribution in [0.25, 0.3) is 0 Å². The van der Waals surface area contributed by atoms with Gasteiger partial charge in [0, 0.05) is 32.7 Å². The number of anilines is 3. The fraction of sp³-hybridized carbons (Fsp3) is 0.571. The summed E-state index contributed by atoms with van der Waals surface area (Å²) < 4.78 is 21.6. The lowest BCUT2D eigenvalue weighted by molar-refractivity contribution is 0.0547. The van der Waals surface area contributed by atoms with Crippen LogP contribution in [0.5, 0.6) is 5.75 Å². The number of hydrogen-bond donors (Lipinski definition) is 3. The molecule has 0 bridgehead atoms. The fourth-order valence-electron chi connectivity index (χ4n) is 3.03. The van der Waals surface area contributed by atoms with Crippen molar-refractivity contribution in [2.75, 3.05) is 88.5 Å². The Labute approximate surface area is 188 Å². The summed E-state index contributed by atoms with van der Waals surface area (Å²) in [4.78, 5) is 15.8. The van der Waals surface area contributed by atoms with Gasteiger partial charge < -0.3 is 40.2 Å². The van der Waals surface area contributed by atoms with Crippen LogP contribution in [0, 0.1) is 0 Å². The Morgan fingerprint density at radius 2 is 1.75 bits per heavy atom. The van der Waals surface area contributed by atoms with Crippen molar-refractivity contribution in [2.45, 2.75) is 6.54 Å². The molecule has 1 saturated heterocycles. The van der Waals surface area contributed by atoms with Crippen molar-refractivity contribution in [3.05, 3.63) is 29.8 Å². The van der Waals surface area contributed by atoms with Crippen LogP contribution in [0.4, 0.5) is 17.8 Å². The highest BCUT2D eigenvalue weighted by atomic mass is 16.5. The van der Waals surface area contributed by atoms with E-state index >= 15 is 0 Å². The zero-order valence-corrected chi connectivity index (χ0v) is 18.6. The minimum absolute atomic E-state index is 0.498. The van der Waals surface area contributed by atoms with Crippen LogP contribution in [0.15, 0.2) is 24.3 Å². The van der Waals surface area contributed by atoms with Gasteiger partial charge in [0.05, 0.1) is 46.8 Å². The lowest BCUT2D eigenvalue weighted by Crippen LogP contribution is -2.37. The van der Waals surface area contributed by atoms with Crippen molar-refractivity contribution in [1.29, 1.82) is 0 Å². The highest BCUT2D eigenvalue weighted by molar-refractivity contribution is 5.44. The van der Waals surface area contributed by atoms with Crippen molar-refractivity contribution in [3.8, 4) is 5.75 Å². The van der Waals surface area contributed by atoms with Gasteiger partial charge >= 0.3 is 0 Å². The molecule has 1 aliphatic rings. The standard InChI is InChI=1S/C21H33N7O4/c1-29-18-4-2-3-17(15-18)16-24-20-25-19(23-6-10-31-14-13-30-9-5-22)26-21(27-20)28-7-11-32-12-8-28/h2-4,15H,5-14,16,22H2,1H3,(H2,23,24,25,26,27). The number of nitrogens with two attached hydrogens (primary N) is 1. The first-order valence-electron chi connectivity index (χ1n) is 10.8. The van der Waals surface area contributed by atoms with Crippen molar-refractivity contribution < 1.29 is 18.9 Å². The van der Waals surface area contributed by atoms with Gasteiger partial charge in [-0.3, -0.25) is 0 Å². The molecule has 1 fully saturated rings. The van der Waals surface area contributed by atoms with E-state index < -0.39 is 0 Å². The summed E-state index contributed by atoms with van der Waals surface area (Å²) in [5.74, 6) is 2.43. The Balaban J connectivity index is 1.58. The van der Waals surface area contributed by atoms with Gasteiger partial charge in [-0.1, -0.05) is 12.1 Å². The summed E-state index contributed by atoms with van der Waals surface area (Å²) >= 11 is 0. The summed E-state index contributed by atoms with van der Waals surface area (Å²) in [6.45, 7) is 6.54. The minimum Gasteiger partial charge on any atom is -0.497 e. The topological polar surface area (TPSA) is 129 Å². The molecule has 0 unspecified atom stereocenters. The van der Waals surface area contributed by atoms with E-state index in [1.807, 2.05) is 24.3 Å². The van der Waals surface area contributed by atoms with Crippen LogP contribution < -0.4 is 26.0 Å². The highest BCUT2D eigenvalue weighted by Crippen LogP contribution is 2.17. The van der Waals surface area contributed by atoms with Crippen LogP contribution in [-0.2, 0) is 20.8 Å². The maximum atomic E-state index is 5.55. The second kappa shape index (κ2) is 13.6. The van der Waals surface area contributed by atoms with Crippen LogP contribution >= 0.6 is 0 Å². The molecule has 0 amide bonds. The summed E-state index contributed by atoms with van der Waals surface area (Å²) in [6.07, 6.45) is 0. The second-order valence-corrected chi connectivity index (χ2v) is 7.03. The summed E-state index contributed by atoms with van der Waals surface area (Å²) in [6, 6.07) is 7.87. The number of hydrogen-bond acceptors (Lipinski definition) is 11. The van der Waals surface area contributed by atoms with Gasteiger partial charge in [0.2, 0.25) is 17.8 Å². The first kappa shape index (κ1) is 23.9. The number of ether oxygens (including phenoxy) is 4. The molecule has 3 rings (SSSR count). The zero-order valence-electron chi connectivity index (χ0n) is 18.6. The second-order valence-electron chi connectivity index (χ2n) is 7.03. The monoisotopic (exact) mass is 447 g/mol. The smallest absolute Gasteiger partial charge is 0.232 e. The number of rotatable bonds is 14. The Morgan fingerprint density at radius 3 is 2.50 bits per heavy atom. The van der Waals surface area contributed by atoms with E-state index in [9.17, 15) is 0 Å². The molecule has 0 radical (unpaired) electrons. The Kier molecular flexibility index (Phi) is 10.2. The summed E-state index contributed by atoms with van der Waals surface area (Å²) in [7, 11) is 1.65. The first-order valence-corrected chi connectivity index (χ1v) is 10.8. The van der Waals surface area contributed by atoms with Crippen LogP contribution in [0.1, 0.15) is 5.56 Å². The van der Waals surface area contributed by atoms with Crippen LogP contribution in [0.3, 0.4) is 0 Å². The van der Waals surface area contributed by atoms with Gasteiger partial charge in [-0.05, 0) is 17.7 Å². The number of benzene rings is 1. The Bertz CT molecular complexity index is 805. The van der Waals surface area contributed by atoms with E-state index in [2.05, 4.69) is 30.5 Å². The molecule has 0 saturated carbocycles. The van der Waals surface area contributed by atoms with Crippen molar-refractivity contribution in [2.24, 2.45) is 5.73 Å². The molecule has 176 valence electrons. The minimum atomic E-state index is 0.498. The zero-order chi connectivity index (χ0) is 22.4. The molecular weight excluding hydrogens is 414 g/mol. The quantitative estimate of drug-likeness (QED) is 0.355. The molecule has 1 aromatic heterocycles. The van der Waals surface area contributed by atoms with Gasteiger partial charge in [-0.15, -0.1) is 0 Å². The molecule has 11 heteroatoms. The Morgan fingerprint density at radius 1 is 1.00 bits per heavy atom. The maximum Gasteiger partial charge on any atom is 0.232 e. The predicted molar refractivity (Wildman–Crippen MR) is 122 cm³/mol. The third-order valence-electron chi connectivity index (χ3n) is 4.67. The van der Waals surface area contributed by atoms with Gasteiger partial charge in [0.25, 0.3) is 0 Å². The van der Waals surface area contributed by atoms with Crippen molar-refractivity contribution in [3.63, 3.8) is 0 Å². The van der Waals surface area contributed by atoms with E-state index in [0.29, 0.717) is 77.1 Å². The molecule has 2 aromatic rings. The molecule has 32 heavy (non-hydrogen) atoms. The summed E-state index contributed by atoms with van der Waals surface area (Å²) in [5, 5.41) is 6.51. The number of nitrogens with one attached hydrogen (secondary N) is 2. The first-order chi connectivity index (χ1) is 15.8.